The van der Waals surface area contributed by atoms with Gasteiger partial charge in [-0.05, 0) is 27.7 Å². The molecule has 8 heteroatoms. The van der Waals surface area contributed by atoms with E-state index >= 15 is 0 Å². The molecular weight excluding hydrogens is 260 g/mol. The Morgan fingerprint density at radius 2 is 1.32 bits per heavy atom. The van der Waals surface area contributed by atoms with Gasteiger partial charge in [0.1, 0.15) is 0 Å². The molecule has 0 aromatic rings. The van der Waals surface area contributed by atoms with Crippen LogP contribution in [-0.2, 0) is 28.4 Å². The topological polar surface area (TPSA) is 89.5 Å². The van der Waals surface area contributed by atoms with E-state index < -0.39 is 30.7 Å². The molecule has 1 saturated heterocycles. The fourth-order valence-electron chi connectivity index (χ4n) is 1.35. The molecule has 8 nitrogen and oxygen atoms in total. The van der Waals surface area contributed by atoms with Crippen molar-refractivity contribution in [2.24, 2.45) is 0 Å². The fraction of sp³-hybridized carbons (Fsp3) is 0.818. The highest BCUT2D eigenvalue weighted by molar-refractivity contribution is 5.61. The molecule has 110 valence electrons. The number of carbonyl (C=O) groups excluding carboxylic acids is 2. The minimum atomic E-state index is -1.21. The Hall–Kier alpha value is -1.54. The van der Waals surface area contributed by atoms with Gasteiger partial charge in [-0.25, -0.2) is 9.59 Å². The van der Waals surface area contributed by atoms with Crippen LogP contribution in [0.3, 0.4) is 0 Å². The zero-order chi connectivity index (χ0) is 14.5. The average Bonchev–Trinajstić information content (AvgIpc) is 2.53. The maximum atomic E-state index is 11.2. The molecule has 1 heterocycles. The Kier molecular flexibility index (Phi) is 5.37. The quantitative estimate of drug-likeness (QED) is 0.719. The molecule has 0 N–H and O–H groups in total. The molecule has 19 heavy (non-hydrogen) atoms. The highest BCUT2D eigenvalue weighted by atomic mass is 16.9. The third-order valence-corrected chi connectivity index (χ3v) is 1.97. The van der Waals surface area contributed by atoms with Crippen LogP contribution in [0.25, 0.3) is 0 Å². The first-order valence-electron chi connectivity index (χ1n) is 5.90. The number of rotatable bonds is 4. The summed E-state index contributed by atoms with van der Waals surface area (Å²) in [6, 6.07) is 0. The Bertz CT molecular complexity index is 297. The van der Waals surface area contributed by atoms with Gasteiger partial charge in [0.15, 0.2) is 5.79 Å². The van der Waals surface area contributed by atoms with Crippen molar-refractivity contribution >= 4 is 12.3 Å². The molecule has 0 bridgehead atoms. The maximum absolute atomic E-state index is 11.2. The predicted octanol–water partition coefficient (Wildman–Crippen LogP) is 1.77. The summed E-state index contributed by atoms with van der Waals surface area (Å²) in [5.41, 5.74) is 0. The van der Waals surface area contributed by atoms with Crippen LogP contribution < -0.4 is 0 Å². The van der Waals surface area contributed by atoms with Gasteiger partial charge in [0.2, 0.25) is 0 Å². The van der Waals surface area contributed by atoms with Crippen molar-refractivity contribution < 1.29 is 38.0 Å². The van der Waals surface area contributed by atoms with E-state index in [0.29, 0.717) is 0 Å². The normalized spacial score (nSPS) is 24.6. The van der Waals surface area contributed by atoms with Crippen LogP contribution >= 0.6 is 0 Å². The Morgan fingerprint density at radius 1 is 0.947 bits per heavy atom. The van der Waals surface area contributed by atoms with Gasteiger partial charge >= 0.3 is 12.3 Å². The SMILES string of the molecule is CCOC(=O)O[C@H]1OC(C)(C)O[C@@H]1OC(=O)OCC. The van der Waals surface area contributed by atoms with E-state index in [2.05, 4.69) is 9.47 Å². The summed E-state index contributed by atoms with van der Waals surface area (Å²) in [6.45, 7) is 6.73. The second-order valence-electron chi connectivity index (χ2n) is 3.97. The van der Waals surface area contributed by atoms with Gasteiger partial charge in [-0.2, -0.15) is 0 Å². The predicted molar refractivity (Wildman–Crippen MR) is 60.0 cm³/mol. The van der Waals surface area contributed by atoms with Crippen LogP contribution in [0.1, 0.15) is 27.7 Å². The smallest absolute Gasteiger partial charge is 0.435 e. The van der Waals surface area contributed by atoms with Crippen LogP contribution in [-0.4, -0.2) is 43.9 Å². The van der Waals surface area contributed by atoms with Crippen molar-refractivity contribution in [3.63, 3.8) is 0 Å². The van der Waals surface area contributed by atoms with Gasteiger partial charge in [-0.15, -0.1) is 0 Å². The highest BCUT2D eigenvalue weighted by Crippen LogP contribution is 2.30. The summed E-state index contributed by atoms with van der Waals surface area (Å²) in [5, 5.41) is 0. The first-order valence-corrected chi connectivity index (χ1v) is 5.90. The summed E-state index contributed by atoms with van der Waals surface area (Å²) >= 11 is 0. The summed E-state index contributed by atoms with van der Waals surface area (Å²) in [6.07, 6.45) is -4.30. The van der Waals surface area contributed by atoms with E-state index in [-0.39, 0.29) is 13.2 Å². The lowest BCUT2D eigenvalue weighted by molar-refractivity contribution is -0.183. The second kappa shape index (κ2) is 6.58. The summed E-state index contributed by atoms with van der Waals surface area (Å²) in [7, 11) is 0. The van der Waals surface area contributed by atoms with Crippen molar-refractivity contribution in [3.05, 3.63) is 0 Å². The Morgan fingerprint density at radius 3 is 1.63 bits per heavy atom. The molecule has 1 aliphatic heterocycles. The molecule has 0 aliphatic carbocycles. The lowest BCUT2D eigenvalue weighted by atomic mass is 10.4. The number of hydrogen-bond acceptors (Lipinski definition) is 8. The van der Waals surface area contributed by atoms with Crippen molar-refractivity contribution in [3.8, 4) is 0 Å². The third-order valence-electron chi connectivity index (χ3n) is 1.97. The molecule has 0 aromatic heterocycles. The molecule has 0 amide bonds. The van der Waals surface area contributed by atoms with Crippen molar-refractivity contribution in [1.82, 2.24) is 0 Å². The van der Waals surface area contributed by atoms with Crippen LogP contribution in [0.5, 0.6) is 0 Å². The van der Waals surface area contributed by atoms with Gasteiger partial charge in [0.05, 0.1) is 13.2 Å². The highest BCUT2D eigenvalue weighted by Gasteiger charge is 2.47. The van der Waals surface area contributed by atoms with Crippen molar-refractivity contribution in [2.45, 2.75) is 46.1 Å². The van der Waals surface area contributed by atoms with Gasteiger partial charge in [0, 0.05) is 0 Å². The minimum Gasteiger partial charge on any atom is -0.435 e. The molecule has 1 fully saturated rings. The molecule has 0 aromatic carbocycles. The summed E-state index contributed by atoms with van der Waals surface area (Å²) in [4.78, 5) is 22.4. The first kappa shape index (κ1) is 15.5. The maximum Gasteiger partial charge on any atom is 0.510 e. The van der Waals surface area contributed by atoms with Gasteiger partial charge < -0.3 is 28.4 Å². The fourth-order valence-corrected chi connectivity index (χ4v) is 1.35. The lowest BCUT2D eigenvalue weighted by Crippen LogP contribution is -2.33. The van der Waals surface area contributed by atoms with E-state index in [0.717, 1.165) is 0 Å². The van der Waals surface area contributed by atoms with Crippen LogP contribution in [0, 0.1) is 0 Å². The number of ether oxygens (including phenoxy) is 6. The van der Waals surface area contributed by atoms with E-state index in [1.165, 1.54) is 0 Å². The Balaban J connectivity index is 2.59. The van der Waals surface area contributed by atoms with Gasteiger partial charge in [0.25, 0.3) is 12.6 Å². The van der Waals surface area contributed by atoms with Crippen LogP contribution in [0.4, 0.5) is 9.59 Å². The first-order chi connectivity index (χ1) is 8.88. The minimum absolute atomic E-state index is 0.152. The molecule has 0 unspecified atom stereocenters. The van der Waals surface area contributed by atoms with Gasteiger partial charge in [-0.3, -0.25) is 0 Å². The van der Waals surface area contributed by atoms with Crippen LogP contribution in [0.15, 0.2) is 0 Å². The standard InChI is InChI=1S/C11H18O8/c1-5-14-9(12)16-7-8(17-10(13)15-6-2)19-11(3,4)18-7/h7-8H,5-6H2,1-4H3/t7-,8-/m0/s1. The van der Waals surface area contributed by atoms with E-state index in [1.807, 2.05) is 0 Å². The molecule has 2 atom stereocenters. The molecule has 0 saturated carbocycles. The van der Waals surface area contributed by atoms with E-state index in [9.17, 15) is 9.59 Å². The Labute approximate surface area is 110 Å². The second-order valence-corrected chi connectivity index (χ2v) is 3.97. The van der Waals surface area contributed by atoms with Gasteiger partial charge in [-0.1, -0.05) is 0 Å². The third kappa shape index (κ3) is 4.92. The lowest BCUT2D eigenvalue weighted by Gasteiger charge is -2.16. The van der Waals surface area contributed by atoms with Crippen molar-refractivity contribution in [2.75, 3.05) is 13.2 Å². The zero-order valence-corrected chi connectivity index (χ0v) is 11.3. The molecule has 0 spiro atoms. The summed E-state index contributed by atoms with van der Waals surface area (Å²) < 4.78 is 29.4. The number of carbonyl (C=O) groups is 2. The van der Waals surface area contributed by atoms with Crippen molar-refractivity contribution in [1.29, 1.82) is 0 Å². The summed E-state index contributed by atoms with van der Waals surface area (Å²) in [5.74, 6) is -1.06. The van der Waals surface area contributed by atoms with E-state index in [1.54, 1.807) is 27.7 Å². The monoisotopic (exact) mass is 278 g/mol. The molecule has 0 radical (unpaired) electrons. The number of hydrogen-bond donors (Lipinski definition) is 0. The zero-order valence-electron chi connectivity index (χ0n) is 11.3. The largest absolute Gasteiger partial charge is 0.510 e. The van der Waals surface area contributed by atoms with E-state index in [4.69, 9.17) is 18.9 Å². The molecule has 1 rings (SSSR count). The average molecular weight is 278 g/mol. The van der Waals surface area contributed by atoms with Crippen LogP contribution in [0.2, 0.25) is 0 Å². The molecule has 1 aliphatic rings. The molecular formula is C11H18O8.